The fourth-order valence-corrected chi connectivity index (χ4v) is 4.75. The van der Waals surface area contributed by atoms with Gasteiger partial charge in [-0.15, -0.1) is 0 Å². The quantitative estimate of drug-likeness (QED) is 0.692. The molecule has 0 saturated carbocycles. The molecular weight excluding hydrogens is 350 g/mol. The first-order valence-electron chi connectivity index (χ1n) is 9.29. The van der Waals surface area contributed by atoms with Gasteiger partial charge in [-0.05, 0) is 72.3 Å². The first-order chi connectivity index (χ1) is 12.5. The van der Waals surface area contributed by atoms with Crippen LogP contribution in [0.15, 0.2) is 24.3 Å². The molecule has 0 radical (unpaired) electrons. The number of nitrogens with zero attached hydrogens (tertiary/aromatic N) is 1. The van der Waals surface area contributed by atoms with E-state index in [1.54, 1.807) is 18.2 Å². The van der Waals surface area contributed by atoms with Crippen LogP contribution in [-0.2, 0) is 13.0 Å². The molecule has 0 aromatic heterocycles. The number of hydrogen-bond acceptors (Lipinski definition) is 4. The highest BCUT2D eigenvalue weighted by Crippen LogP contribution is 2.48. The molecule has 2 aliphatic rings. The zero-order valence-electron chi connectivity index (χ0n) is 14.9. The highest BCUT2D eigenvalue weighted by atomic mass is 35.5. The van der Waals surface area contributed by atoms with E-state index in [-0.39, 0.29) is 23.2 Å². The summed E-state index contributed by atoms with van der Waals surface area (Å²) in [4.78, 5) is 2.50. The van der Waals surface area contributed by atoms with Crippen molar-refractivity contribution in [2.45, 2.75) is 51.1 Å². The van der Waals surface area contributed by atoms with Crippen molar-refractivity contribution in [1.82, 2.24) is 4.90 Å². The zero-order chi connectivity index (χ0) is 18.4. The fraction of sp³-hybridized carbons (Fsp3) is 0.429. The van der Waals surface area contributed by atoms with Crippen LogP contribution in [0.2, 0.25) is 5.02 Å². The SMILES string of the molecule is CCCCN1Cc2cc(O)c(Cl)cc2[C@@H]2c3cc(O)c(O)cc3CC[C@H]21. The van der Waals surface area contributed by atoms with E-state index in [1.165, 1.54) is 0 Å². The molecule has 0 spiro atoms. The van der Waals surface area contributed by atoms with Crippen molar-refractivity contribution in [3.63, 3.8) is 0 Å². The standard InChI is InChI=1S/C21H24ClNO3/c1-2-3-6-23-11-13-8-18(24)16(22)9-14(13)21-15-10-20(26)19(25)7-12(15)4-5-17(21)23/h7-10,17,21,24-26H,2-6,11H2,1H3/t17-,21-/m1/s1. The van der Waals surface area contributed by atoms with E-state index in [9.17, 15) is 15.3 Å². The maximum absolute atomic E-state index is 10.1. The number of phenols is 3. The molecule has 4 rings (SSSR count). The summed E-state index contributed by atoms with van der Waals surface area (Å²) in [6.07, 6.45) is 4.15. The summed E-state index contributed by atoms with van der Waals surface area (Å²) in [6, 6.07) is 7.38. The number of hydrogen-bond donors (Lipinski definition) is 3. The maximum atomic E-state index is 10.1. The van der Waals surface area contributed by atoms with Gasteiger partial charge in [-0.3, -0.25) is 4.90 Å². The van der Waals surface area contributed by atoms with Gasteiger partial charge in [0.05, 0.1) is 5.02 Å². The second kappa shape index (κ2) is 6.67. The van der Waals surface area contributed by atoms with Gasteiger partial charge in [-0.2, -0.15) is 0 Å². The largest absolute Gasteiger partial charge is 0.506 e. The van der Waals surface area contributed by atoms with Crippen LogP contribution in [-0.4, -0.2) is 32.8 Å². The Labute approximate surface area is 158 Å². The summed E-state index contributed by atoms with van der Waals surface area (Å²) in [7, 11) is 0. The van der Waals surface area contributed by atoms with Crippen LogP contribution in [0.5, 0.6) is 17.2 Å². The summed E-state index contributed by atoms with van der Waals surface area (Å²) in [5.41, 5.74) is 4.34. The van der Waals surface area contributed by atoms with Crippen molar-refractivity contribution in [3.8, 4) is 17.2 Å². The van der Waals surface area contributed by atoms with Crippen LogP contribution >= 0.6 is 11.6 Å². The number of fused-ring (bicyclic) bond motifs is 5. The predicted octanol–water partition coefficient (Wildman–Crippen LogP) is 4.52. The van der Waals surface area contributed by atoms with E-state index in [4.69, 9.17) is 11.6 Å². The molecule has 2 aromatic carbocycles. The Kier molecular flexibility index (Phi) is 4.49. The molecule has 0 saturated heterocycles. The molecule has 1 aliphatic carbocycles. The van der Waals surface area contributed by atoms with Crippen LogP contribution in [0.25, 0.3) is 0 Å². The molecule has 26 heavy (non-hydrogen) atoms. The minimum absolute atomic E-state index is 0.0650. The van der Waals surface area contributed by atoms with Gasteiger partial charge in [0, 0.05) is 18.5 Å². The molecule has 0 unspecified atom stereocenters. The minimum atomic E-state index is -0.0819. The van der Waals surface area contributed by atoms with E-state index in [2.05, 4.69) is 11.8 Å². The lowest BCUT2D eigenvalue weighted by molar-refractivity contribution is 0.139. The molecule has 1 aliphatic heterocycles. The normalized spacial score (nSPS) is 21.8. The van der Waals surface area contributed by atoms with Crippen molar-refractivity contribution in [1.29, 1.82) is 0 Å². The van der Waals surface area contributed by atoms with Crippen LogP contribution in [0.1, 0.15) is 54.4 Å². The van der Waals surface area contributed by atoms with E-state index in [0.29, 0.717) is 11.1 Å². The van der Waals surface area contributed by atoms with Crippen LogP contribution in [0.4, 0.5) is 0 Å². The molecule has 0 amide bonds. The zero-order valence-corrected chi connectivity index (χ0v) is 15.6. The number of phenolic OH excluding ortho intramolecular Hbond substituents is 3. The molecule has 4 nitrogen and oxygen atoms in total. The molecule has 0 bridgehead atoms. The highest BCUT2D eigenvalue weighted by molar-refractivity contribution is 6.32. The fourth-order valence-electron chi connectivity index (χ4n) is 4.58. The van der Waals surface area contributed by atoms with Gasteiger partial charge in [0.15, 0.2) is 11.5 Å². The summed E-state index contributed by atoms with van der Waals surface area (Å²) in [6.45, 7) is 4.01. The van der Waals surface area contributed by atoms with Crippen molar-refractivity contribution < 1.29 is 15.3 Å². The van der Waals surface area contributed by atoms with Crippen molar-refractivity contribution >= 4 is 11.6 Å². The maximum Gasteiger partial charge on any atom is 0.157 e. The van der Waals surface area contributed by atoms with Crippen molar-refractivity contribution in [3.05, 3.63) is 51.5 Å². The first-order valence-corrected chi connectivity index (χ1v) is 9.67. The molecular formula is C21H24ClNO3. The Morgan fingerprint density at radius 3 is 2.46 bits per heavy atom. The van der Waals surface area contributed by atoms with Gasteiger partial charge in [0.2, 0.25) is 0 Å². The Bertz CT molecular complexity index is 852. The highest BCUT2D eigenvalue weighted by Gasteiger charge is 2.40. The van der Waals surface area contributed by atoms with Crippen LogP contribution < -0.4 is 0 Å². The van der Waals surface area contributed by atoms with E-state index >= 15 is 0 Å². The molecule has 2 aromatic rings. The van der Waals surface area contributed by atoms with Gasteiger partial charge >= 0.3 is 0 Å². The Hall–Kier alpha value is -1.91. The third-order valence-electron chi connectivity index (χ3n) is 5.85. The number of benzene rings is 2. The third kappa shape index (κ3) is 2.81. The molecule has 138 valence electrons. The van der Waals surface area contributed by atoms with E-state index < -0.39 is 0 Å². The Balaban J connectivity index is 1.87. The van der Waals surface area contributed by atoms with E-state index in [1.807, 2.05) is 6.07 Å². The molecule has 5 heteroatoms. The topological polar surface area (TPSA) is 63.9 Å². The lowest BCUT2D eigenvalue weighted by atomic mass is 9.71. The number of aryl methyl sites for hydroxylation is 1. The molecule has 3 N–H and O–H groups in total. The third-order valence-corrected chi connectivity index (χ3v) is 6.15. The van der Waals surface area contributed by atoms with Crippen molar-refractivity contribution in [2.75, 3.05) is 6.54 Å². The predicted molar refractivity (Wildman–Crippen MR) is 102 cm³/mol. The summed E-state index contributed by atoms with van der Waals surface area (Å²) >= 11 is 6.23. The van der Waals surface area contributed by atoms with Crippen LogP contribution in [0, 0.1) is 0 Å². The average molecular weight is 374 g/mol. The Morgan fingerprint density at radius 2 is 1.69 bits per heavy atom. The lowest BCUT2D eigenvalue weighted by Crippen LogP contribution is -2.46. The van der Waals surface area contributed by atoms with Gasteiger partial charge in [0.1, 0.15) is 5.75 Å². The molecule has 0 fully saturated rings. The van der Waals surface area contributed by atoms with Gasteiger partial charge in [-0.1, -0.05) is 24.9 Å². The summed E-state index contributed by atoms with van der Waals surface area (Å²) in [5, 5.41) is 30.4. The van der Waals surface area contributed by atoms with Gasteiger partial charge in [0.25, 0.3) is 0 Å². The van der Waals surface area contributed by atoms with Gasteiger partial charge in [-0.25, -0.2) is 0 Å². The molecule has 2 atom stereocenters. The van der Waals surface area contributed by atoms with Gasteiger partial charge < -0.3 is 15.3 Å². The monoisotopic (exact) mass is 373 g/mol. The number of unbranched alkanes of at least 4 members (excludes halogenated alkanes) is 1. The smallest absolute Gasteiger partial charge is 0.157 e. The lowest BCUT2D eigenvalue weighted by Gasteiger charge is -2.46. The average Bonchev–Trinajstić information content (AvgIpc) is 2.61. The number of aromatic hydroxyl groups is 3. The van der Waals surface area contributed by atoms with Crippen molar-refractivity contribution in [2.24, 2.45) is 0 Å². The second-order valence-electron chi connectivity index (χ2n) is 7.45. The summed E-state index contributed by atoms with van der Waals surface area (Å²) in [5.74, 6) is 0.0548. The van der Waals surface area contributed by atoms with E-state index in [0.717, 1.165) is 61.0 Å². The summed E-state index contributed by atoms with van der Waals surface area (Å²) < 4.78 is 0. The Morgan fingerprint density at radius 1 is 1.00 bits per heavy atom. The first kappa shape index (κ1) is 17.5. The second-order valence-corrected chi connectivity index (χ2v) is 7.86. The van der Waals surface area contributed by atoms with Crippen LogP contribution in [0.3, 0.4) is 0 Å². The minimum Gasteiger partial charge on any atom is -0.506 e. The molecule has 1 heterocycles. The number of halogens is 1. The number of rotatable bonds is 3.